The average Bonchev–Trinajstić information content (AvgIpc) is 3.12. The van der Waals surface area contributed by atoms with Crippen LogP contribution in [0.3, 0.4) is 0 Å². The zero-order valence-electron chi connectivity index (χ0n) is 27.0. The first-order chi connectivity index (χ1) is 24.8. The van der Waals surface area contributed by atoms with E-state index in [-0.39, 0.29) is 57.7 Å². The third-order valence-electron chi connectivity index (χ3n) is 10.0. The molecule has 7 atom stereocenters. The molecule has 52 heavy (non-hydrogen) atoms. The Morgan fingerprint density at radius 1 is 0.673 bits per heavy atom. The van der Waals surface area contributed by atoms with Crippen LogP contribution in [-0.4, -0.2) is 97.9 Å². The topological polar surface area (TPSA) is 254 Å². The monoisotopic (exact) mass is 710 g/mol. The van der Waals surface area contributed by atoms with Gasteiger partial charge < -0.3 is 50.3 Å². The fourth-order valence-electron chi connectivity index (χ4n) is 7.66. The summed E-state index contributed by atoms with van der Waals surface area (Å²) in [6.07, 6.45) is -7.16. The minimum absolute atomic E-state index is 0.00932. The molecule has 0 amide bonds. The number of rotatable bonds is 8. The minimum atomic E-state index is -1.64. The number of hydrogen-bond donors (Lipinski definition) is 6. The minimum Gasteiger partial charge on any atom is -0.872 e. The van der Waals surface area contributed by atoms with Crippen LogP contribution in [0.15, 0.2) is 66.7 Å². The van der Waals surface area contributed by atoms with Gasteiger partial charge in [-0.25, -0.2) is 9.59 Å². The maximum absolute atomic E-state index is 14.3. The van der Waals surface area contributed by atoms with Gasteiger partial charge in [-0.1, -0.05) is 66.1 Å². The fourth-order valence-corrected chi connectivity index (χ4v) is 7.66. The molecule has 0 spiro atoms. The van der Waals surface area contributed by atoms with Crippen LogP contribution in [0, 0.1) is 0 Å². The molecule has 4 aromatic carbocycles. The maximum Gasteiger partial charge on any atom is 0.335 e. The van der Waals surface area contributed by atoms with Gasteiger partial charge in [0.25, 0.3) is 0 Å². The number of ketones is 2. The summed E-state index contributed by atoms with van der Waals surface area (Å²) in [6.45, 7) is -1.31. The molecule has 0 bridgehead atoms. The molecule has 14 nitrogen and oxygen atoms in total. The highest BCUT2D eigenvalue weighted by molar-refractivity contribution is 6.17. The molecule has 7 rings (SSSR count). The number of carbonyl (C=O) groups is 4. The van der Waals surface area contributed by atoms with E-state index < -0.39 is 95.1 Å². The molecule has 6 N–H and O–H groups in total. The quantitative estimate of drug-likeness (QED) is 0.147. The first-order valence-electron chi connectivity index (χ1n) is 16.2. The molecule has 14 heteroatoms. The van der Waals surface area contributed by atoms with E-state index in [0.717, 1.165) is 12.1 Å². The van der Waals surface area contributed by atoms with E-state index in [1.807, 2.05) is 0 Å². The maximum atomic E-state index is 14.3. The van der Waals surface area contributed by atoms with Crippen molar-refractivity contribution in [2.45, 2.75) is 49.0 Å². The summed E-state index contributed by atoms with van der Waals surface area (Å²) < 4.78 is 11.4. The Labute approximate surface area is 294 Å². The third kappa shape index (κ3) is 5.53. The Bertz CT molecular complexity index is 2160. The van der Waals surface area contributed by atoms with Gasteiger partial charge in [-0.15, -0.1) is 0 Å². The van der Waals surface area contributed by atoms with E-state index in [1.165, 1.54) is 18.2 Å². The van der Waals surface area contributed by atoms with Crippen molar-refractivity contribution in [3.05, 3.63) is 128 Å². The van der Waals surface area contributed by atoms with E-state index in [4.69, 9.17) is 9.47 Å². The second-order valence-electron chi connectivity index (χ2n) is 13.0. The summed E-state index contributed by atoms with van der Waals surface area (Å²) in [5.41, 5.74) is -0.359. The van der Waals surface area contributed by atoms with Gasteiger partial charge in [-0.3, -0.25) is 9.59 Å². The molecule has 1 fully saturated rings. The first kappa shape index (κ1) is 34.9. The second-order valence-corrected chi connectivity index (χ2v) is 13.0. The second kappa shape index (κ2) is 13.2. The summed E-state index contributed by atoms with van der Waals surface area (Å²) >= 11 is 0. The third-order valence-corrected chi connectivity index (χ3v) is 10.0. The van der Waals surface area contributed by atoms with Crippen molar-refractivity contribution in [2.75, 3.05) is 13.2 Å². The lowest BCUT2D eigenvalue weighted by Gasteiger charge is -2.40. The van der Waals surface area contributed by atoms with Gasteiger partial charge >= 0.3 is 11.9 Å². The summed E-state index contributed by atoms with van der Waals surface area (Å²) in [4.78, 5) is 52.4. The number of carbonyl (C=O) groups excluding carboxylic acids is 2. The van der Waals surface area contributed by atoms with Crippen LogP contribution >= 0.6 is 0 Å². The van der Waals surface area contributed by atoms with Crippen molar-refractivity contribution < 1.29 is 69.5 Å². The van der Waals surface area contributed by atoms with Crippen LogP contribution in [0.1, 0.15) is 92.2 Å². The van der Waals surface area contributed by atoms with Crippen molar-refractivity contribution in [3.8, 4) is 11.5 Å². The summed E-state index contributed by atoms with van der Waals surface area (Å²) in [5.74, 6) is -8.16. The normalized spacial score (nSPS) is 24.7. The number of benzene rings is 4. The van der Waals surface area contributed by atoms with Crippen molar-refractivity contribution >= 4 is 23.5 Å². The van der Waals surface area contributed by atoms with Crippen molar-refractivity contribution in [2.24, 2.45) is 0 Å². The largest absolute Gasteiger partial charge is 0.872 e. The Morgan fingerprint density at radius 3 is 1.85 bits per heavy atom. The highest BCUT2D eigenvalue weighted by Gasteiger charge is 2.45. The van der Waals surface area contributed by atoms with Crippen LogP contribution in [0.2, 0.25) is 0 Å². The number of carboxylic acid groups (broad SMARTS) is 2. The Kier molecular flexibility index (Phi) is 8.90. The molecule has 4 unspecified atom stereocenters. The lowest BCUT2D eigenvalue weighted by atomic mass is 9.63. The highest BCUT2D eigenvalue weighted by atomic mass is 16.6. The Morgan fingerprint density at radius 2 is 1.23 bits per heavy atom. The standard InChI is InChI=1S/C38H32O14/c39-12-25-33(43)36(46)34(44)26(52-25)14-51-13-15-4-3-7-20-27(15)35(45)31-22(9-17(38(49)50)11-24(31)41)29(20)28-18-5-1-2-6-19(18)32(42)30-21(28)8-16(37(47)48)10-23(30)40/h1-11,25-26,28-29,33-34,36,39-41,43-44,46H,12-14H2,(H,47,48)(H,49,50)/p-2/t25?,26-,28?,29?,33-,34?,36-/m0/s1. The molecular formula is C38H30O14-2. The average molecular weight is 711 g/mol. The molecule has 1 aliphatic heterocycles. The zero-order valence-corrected chi connectivity index (χ0v) is 27.0. The molecule has 2 aliphatic carbocycles. The van der Waals surface area contributed by atoms with Crippen LogP contribution < -0.4 is 10.2 Å². The predicted octanol–water partition coefficient (Wildman–Crippen LogP) is 0.642. The van der Waals surface area contributed by atoms with Gasteiger partial charge in [0, 0.05) is 34.1 Å². The SMILES string of the molecule is O=C(O)c1cc([O-])c2c(c1)C(C1c3cc(C(=O)O)cc([O-])c3C(=O)c3c(COC[C@@H]4OC(CO)[C@H](O)[C@H](O)C4O)cccc31)c1ccccc1C2=O. The number of hydrogen-bond acceptors (Lipinski definition) is 12. The molecule has 0 aromatic heterocycles. The van der Waals surface area contributed by atoms with Gasteiger partial charge in [-0.05, 0) is 39.9 Å². The van der Waals surface area contributed by atoms with Gasteiger partial charge in [0.15, 0.2) is 11.6 Å². The predicted molar refractivity (Wildman–Crippen MR) is 173 cm³/mol. The number of aliphatic hydroxyl groups is 4. The lowest BCUT2D eigenvalue weighted by Crippen LogP contribution is -2.59. The lowest BCUT2D eigenvalue weighted by molar-refractivity contribution is -0.269. The molecule has 1 saturated heterocycles. The van der Waals surface area contributed by atoms with Gasteiger partial charge in [-0.2, -0.15) is 0 Å². The molecule has 0 saturated carbocycles. The van der Waals surface area contributed by atoms with Crippen LogP contribution in [0.5, 0.6) is 11.5 Å². The van der Waals surface area contributed by atoms with Gasteiger partial charge in [0.2, 0.25) is 0 Å². The number of fused-ring (bicyclic) bond motifs is 4. The van der Waals surface area contributed by atoms with Gasteiger partial charge in [0.05, 0.1) is 30.9 Å². The van der Waals surface area contributed by atoms with E-state index in [9.17, 15) is 60.0 Å². The zero-order chi connectivity index (χ0) is 37.2. The van der Waals surface area contributed by atoms with E-state index in [0.29, 0.717) is 5.56 Å². The van der Waals surface area contributed by atoms with E-state index >= 15 is 0 Å². The van der Waals surface area contributed by atoms with Crippen LogP contribution in [-0.2, 0) is 16.1 Å². The summed E-state index contributed by atoms with van der Waals surface area (Å²) in [5, 5.41) is 87.2. The summed E-state index contributed by atoms with van der Waals surface area (Å²) in [6, 6.07) is 15.1. The smallest absolute Gasteiger partial charge is 0.335 e. The van der Waals surface area contributed by atoms with E-state index in [2.05, 4.69) is 0 Å². The van der Waals surface area contributed by atoms with Crippen molar-refractivity contribution in [3.63, 3.8) is 0 Å². The van der Waals surface area contributed by atoms with E-state index in [1.54, 1.807) is 36.4 Å². The molecule has 268 valence electrons. The molecule has 0 radical (unpaired) electrons. The Hall–Kier alpha value is -5.48. The molecule has 3 aliphatic rings. The fraction of sp³-hybridized carbons (Fsp3) is 0.263. The number of aromatic carboxylic acids is 2. The van der Waals surface area contributed by atoms with Crippen molar-refractivity contribution in [1.29, 1.82) is 0 Å². The first-order valence-corrected chi connectivity index (χ1v) is 16.2. The van der Waals surface area contributed by atoms with Crippen LogP contribution in [0.25, 0.3) is 0 Å². The molecule has 4 aromatic rings. The number of carboxylic acids is 2. The molecule has 1 heterocycles. The molecular weight excluding hydrogens is 680 g/mol. The number of ether oxygens (including phenoxy) is 2. The summed E-state index contributed by atoms with van der Waals surface area (Å²) in [7, 11) is 0. The Balaban J connectivity index is 1.40. The van der Waals surface area contributed by atoms with Gasteiger partial charge in [0.1, 0.15) is 30.5 Å². The van der Waals surface area contributed by atoms with Crippen LogP contribution in [0.4, 0.5) is 0 Å². The van der Waals surface area contributed by atoms with Crippen molar-refractivity contribution in [1.82, 2.24) is 0 Å². The number of aliphatic hydroxyl groups excluding tert-OH is 4. The highest BCUT2D eigenvalue weighted by Crippen LogP contribution is 2.54.